The van der Waals surface area contributed by atoms with E-state index in [4.69, 9.17) is 11.5 Å². The first-order chi connectivity index (χ1) is 9.35. The number of carbonyl (C=O) groups excluding carboxylic acids is 2. The van der Waals surface area contributed by atoms with E-state index in [0.29, 0.717) is 29.3 Å². The van der Waals surface area contributed by atoms with Gasteiger partial charge in [-0.05, 0) is 30.5 Å². The molecule has 0 saturated carbocycles. The second-order valence-electron chi connectivity index (χ2n) is 5.02. The minimum Gasteiger partial charge on any atom is -0.465 e. The van der Waals surface area contributed by atoms with E-state index in [-0.39, 0.29) is 5.91 Å². The predicted molar refractivity (Wildman–Crippen MR) is 78.3 cm³/mol. The lowest BCUT2D eigenvalue weighted by molar-refractivity contribution is -0.117. The Bertz CT molecular complexity index is 500. The van der Waals surface area contributed by atoms with E-state index in [1.165, 1.54) is 25.3 Å². The average molecular weight is 279 g/mol. The van der Waals surface area contributed by atoms with Gasteiger partial charge in [0.1, 0.15) is 0 Å². The highest BCUT2D eigenvalue weighted by molar-refractivity contribution is 5.99. The summed E-state index contributed by atoms with van der Waals surface area (Å²) in [6.07, 6.45) is 0.572. The fourth-order valence-electron chi connectivity index (χ4n) is 1.75. The highest BCUT2D eigenvalue weighted by Crippen LogP contribution is 2.21. The van der Waals surface area contributed by atoms with Gasteiger partial charge in [0.15, 0.2) is 0 Å². The van der Waals surface area contributed by atoms with E-state index in [0.717, 1.165) is 0 Å². The summed E-state index contributed by atoms with van der Waals surface area (Å²) in [6.45, 7) is 3.97. The van der Waals surface area contributed by atoms with Crippen molar-refractivity contribution >= 4 is 23.3 Å². The van der Waals surface area contributed by atoms with Crippen LogP contribution in [0.4, 0.5) is 11.4 Å². The van der Waals surface area contributed by atoms with Gasteiger partial charge in [-0.3, -0.25) is 4.79 Å². The van der Waals surface area contributed by atoms with Crippen LogP contribution >= 0.6 is 0 Å². The number of rotatable bonds is 5. The normalized spacial score (nSPS) is 12.1. The molecule has 6 heteroatoms. The van der Waals surface area contributed by atoms with E-state index in [2.05, 4.69) is 10.1 Å². The molecule has 0 aliphatic rings. The second kappa shape index (κ2) is 6.91. The monoisotopic (exact) mass is 279 g/mol. The molecule has 1 amide bonds. The lowest BCUT2D eigenvalue weighted by Crippen LogP contribution is -2.36. The Morgan fingerprint density at radius 3 is 2.55 bits per heavy atom. The number of esters is 1. The maximum atomic E-state index is 11.9. The van der Waals surface area contributed by atoms with Crippen LogP contribution in [0.3, 0.4) is 0 Å². The van der Waals surface area contributed by atoms with Gasteiger partial charge in [0.2, 0.25) is 5.91 Å². The quantitative estimate of drug-likeness (QED) is 0.557. The van der Waals surface area contributed by atoms with Crippen molar-refractivity contribution in [2.75, 3.05) is 18.2 Å². The standard InChI is InChI=1S/C14H21N3O3/c1-8(2)6-11(16)13(18)17-12-7-9(14(19)20-3)4-5-10(12)15/h4-5,7-8,11H,6,15-16H2,1-3H3,(H,17,18)/t11-/m0/s1. The molecular weight excluding hydrogens is 258 g/mol. The lowest BCUT2D eigenvalue weighted by Gasteiger charge is -2.15. The zero-order valence-corrected chi connectivity index (χ0v) is 12.0. The third-order valence-corrected chi connectivity index (χ3v) is 2.79. The summed E-state index contributed by atoms with van der Waals surface area (Å²) < 4.78 is 4.62. The highest BCUT2D eigenvalue weighted by atomic mass is 16.5. The molecule has 0 radical (unpaired) electrons. The third kappa shape index (κ3) is 4.24. The van der Waals surface area contributed by atoms with Crippen molar-refractivity contribution in [2.24, 2.45) is 11.7 Å². The molecule has 5 N–H and O–H groups in total. The molecule has 0 saturated heterocycles. The van der Waals surface area contributed by atoms with Crippen LogP contribution in [0, 0.1) is 5.92 Å². The number of benzene rings is 1. The Hall–Kier alpha value is -2.08. The Kier molecular flexibility index (Phi) is 5.52. The van der Waals surface area contributed by atoms with Crippen LogP contribution in [-0.2, 0) is 9.53 Å². The maximum absolute atomic E-state index is 11.9. The van der Waals surface area contributed by atoms with Gasteiger partial charge in [-0.2, -0.15) is 0 Å². The first-order valence-corrected chi connectivity index (χ1v) is 6.39. The van der Waals surface area contributed by atoms with Crippen molar-refractivity contribution in [3.05, 3.63) is 23.8 Å². The summed E-state index contributed by atoms with van der Waals surface area (Å²) in [5.74, 6) is -0.506. The van der Waals surface area contributed by atoms with Crippen molar-refractivity contribution < 1.29 is 14.3 Å². The number of anilines is 2. The average Bonchev–Trinajstić information content (AvgIpc) is 2.39. The first-order valence-electron chi connectivity index (χ1n) is 6.39. The Morgan fingerprint density at radius 2 is 2.00 bits per heavy atom. The van der Waals surface area contributed by atoms with Gasteiger partial charge >= 0.3 is 5.97 Å². The summed E-state index contributed by atoms with van der Waals surface area (Å²) in [4.78, 5) is 23.4. The van der Waals surface area contributed by atoms with Crippen molar-refractivity contribution in [2.45, 2.75) is 26.3 Å². The number of hydrogen-bond donors (Lipinski definition) is 3. The fourth-order valence-corrected chi connectivity index (χ4v) is 1.75. The van der Waals surface area contributed by atoms with E-state index >= 15 is 0 Å². The molecule has 0 spiro atoms. The zero-order chi connectivity index (χ0) is 15.3. The first kappa shape index (κ1) is 16.0. The second-order valence-corrected chi connectivity index (χ2v) is 5.02. The highest BCUT2D eigenvalue weighted by Gasteiger charge is 2.17. The van der Waals surface area contributed by atoms with Gasteiger partial charge in [0.05, 0.1) is 30.1 Å². The number of amides is 1. The molecule has 1 rings (SSSR count). The Labute approximate surface area is 118 Å². The van der Waals surface area contributed by atoms with Crippen LogP contribution in [-0.4, -0.2) is 25.0 Å². The Balaban J connectivity index is 2.86. The van der Waals surface area contributed by atoms with Crippen molar-refractivity contribution in [3.8, 4) is 0 Å². The summed E-state index contributed by atoms with van der Waals surface area (Å²) in [7, 11) is 1.29. The number of nitrogens with two attached hydrogens (primary N) is 2. The topological polar surface area (TPSA) is 107 Å². The summed E-state index contributed by atoms with van der Waals surface area (Å²) in [6, 6.07) is 3.93. The molecule has 20 heavy (non-hydrogen) atoms. The number of carbonyl (C=O) groups is 2. The molecule has 0 fully saturated rings. The minimum atomic E-state index is -0.615. The van der Waals surface area contributed by atoms with Gasteiger partial charge in [0, 0.05) is 0 Å². The SMILES string of the molecule is COC(=O)c1ccc(N)c(NC(=O)[C@@H](N)CC(C)C)c1. The predicted octanol–water partition coefficient (Wildman–Crippen LogP) is 1.37. The van der Waals surface area contributed by atoms with Gasteiger partial charge in [-0.25, -0.2) is 4.79 Å². The van der Waals surface area contributed by atoms with Crippen molar-refractivity contribution in [3.63, 3.8) is 0 Å². The molecule has 0 bridgehead atoms. The van der Waals surface area contributed by atoms with Crippen LogP contribution in [0.2, 0.25) is 0 Å². The largest absolute Gasteiger partial charge is 0.465 e. The molecular formula is C14H21N3O3. The van der Waals surface area contributed by atoms with Gasteiger partial charge in [-0.1, -0.05) is 13.8 Å². The van der Waals surface area contributed by atoms with Gasteiger partial charge in [-0.15, -0.1) is 0 Å². The summed E-state index contributed by atoms with van der Waals surface area (Å²) >= 11 is 0. The van der Waals surface area contributed by atoms with Gasteiger partial charge in [0.25, 0.3) is 0 Å². The minimum absolute atomic E-state index is 0.314. The molecule has 0 aliphatic heterocycles. The van der Waals surface area contributed by atoms with Crippen molar-refractivity contribution in [1.82, 2.24) is 0 Å². The third-order valence-electron chi connectivity index (χ3n) is 2.79. The van der Waals surface area contributed by atoms with Crippen LogP contribution in [0.1, 0.15) is 30.6 Å². The molecule has 1 aromatic carbocycles. The number of nitrogen functional groups attached to an aromatic ring is 1. The summed E-state index contributed by atoms with van der Waals surface area (Å²) in [5.41, 5.74) is 12.6. The Morgan fingerprint density at radius 1 is 1.35 bits per heavy atom. The number of hydrogen-bond acceptors (Lipinski definition) is 5. The molecule has 0 heterocycles. The number of nitrogens with one attached hydrogen (secondary N) is 1. The van der Waals surface area contributed by atoms with E-state index in [9.17, 15) is 9.59 Å². The smallest absolute Gasteiger partial charge is 0.337 e. The summed E-state index contributed by atoms with van der Waals surface area (Å²) in [5, 5.41) is 2.64. The van der Waals surface area contributed by atoms with E-state index < -0.39 is 12.0 Å². The molecule has 0 aromatic heterocycles. The number of ether oxygens (including phenoxy) is 1. The molecule has 1 aromatic rings. The lowest BCUT2D eigenvalue weighted by atomic mass is 10.0. The van der Waals surface area contributed by atoms with Crippen LogP contribution < -0.4 is 16.8 Å². The molecule has 0 aliphatic carbocycles. The maximum Gasteiger partial charge on any atom is 0.337 e. The van der Waals surface area contributed by atoms with Crippen molar-refractivity contribution in [1.29, 1.82) is 0 Å². The number of methoxy groups -OCH3 is 1. The van der Waals surface area contributed by atoms with E-state index in [1.54, 1.807) is 0 Å². The molecule has 6 nitrogen and oxygen atoms in total. The molecule has 0 unspecified atom stereocenters. The van der Waals surface area contributed by atoms with E-state index in [1.807, 2.05) is 13.8 Å². The zero-order valence-electron chi connectivity index (χ0n) is 12.0. The van der Waals surface area contributed by atoms with Gasteiger partial charge < -0.3 is 21.5 Å². The fraction of sp³-hybridized carbons (Fsp3) is 0.429. The van der Waals surface area contributed by atoms with Crippen LogP contribution in [0.15, 0.2) is 18.2 Å². The molecule has 110 valence electrons. The van der Waals surface area contributed by atoms with Crippen LogP contribution in [0.5, 0.6) is 0 Å². The van der Waals surface area contributed by atoms with Crippen LogP contribution in [0.25, 0.3) is 0 Å². The molecule has 1 atom stereocenters.